The second kappa shape index (κ2) is 11.7. The van der Waals surface area contributed by atoms with E-state index >= 15 is 0 Å². The molecular formula is C27H32N4O. The minimum absolute atomic E-state index is 0.219. The number of hydrazone groups is 1. The highest BCUT2D eigenvalue weighted by Gasteiger charge is 2.07. The molecule has 0 aliphatic rings. The Morgan fingerprint density at radius 2 is 1.34 bits per heavy atom. The smallest absolute Gasteiger partial charge is 0.271 e. The average molecular weight is 429 g/mol. The van der Waals surface area contributed by atoms with Gasteiger partial charge in [-0.15, -0.1) is 0 Å². The second-order valence-corrected chi connectivity index (χ2v) is 7.51. The number of nitrogens with zero attached hydrogens (tertiary/aromatic N) is 3. The third kappa shape index (κ3) is 6.20. The summed E-state index contributed by atoms with van der Waals surface area (Å²) in [5.41, 5.74) is 7.69. The van der Waals surface area contributed by atoms with E-state index in [1.165, 1.54) is 5.56 Å². The fourth-order valence-electron chi connectivity index (χ4n) is 3.60. The molecule has 0 saturated carbocycles. The van der Waals surface area contributed by atoms with Crippen molar-refractivity contribution in [1.82, 2.24) is 5.43 Å². The molecule has 1 N–H and O–H groups in total. The number of benzene rings is 3. The first-order valence-corrected chi connectivity index (χ1v) is 11.2. The van der Waals surface area contributed by atoms with Crippen LogP contribution in [-0.4, -0.2) is 31.8 Å². The van der Waals surface area contributed by atoms with E-state index in [0.717, 1.165) is 43.1 Å². The first kappa shape index (κ1) is 23.1. The topological polar surface area (TPSA) is 47.9 Å². The number of rotatable bonds is 10. The Balaban J connectivity index is 1.56. The fourth-order valence-corrected chi connectivity index (χ4v) is 3.60. The van der Waals surface area contributed by atoms with E-state index in [1.807, 2.05) is 42.5 Å². The van der Waals surface area contributed by atoms with Crippen molar-refractivity contribution in [3.8, 4) is 0 Å². The van der Waals surface area contributed by atoms with Crippen molar-refractivity contribution in [3.05, 3.63) is 95.6 Å². The maximum atomic E-state index is 12.4. The van der Waals surface area contributed by atoms with Crippen LogP contribution >= 0.6 is 0 Å². The molecule has 5 heteroatoms. The van der Waals surface area contributed by atoms with Gasteiger partial charge < -0.3 is 9.80 Å². The minimum atomic E-state index is -0.219. The quantitative estimate of drug-likeness (QED) is 0.351. The summed E-state index contributed by atoms with van der Waals surface area (Å²) in [5, 5.41) is 4.12. The highest BCUT2D eigenvalue weighted by atomic mass is 16.2. The predicted molar refractivity (Wildman–Crippen MR) is 135 cm³/mol. The molecule has 5 nitrogen and oxygen atoms in total. The molecule has 166 valence electrons. The van der Waals surface area contributed by atoms with Crippen LogP contribution in [0.1, 0.15) is 42.3 Å². The predicted octanol–water partition coefficient (Wildman–Crippen LogP) is 5.32. The lowest BCUT2D eigenvalue weighted by molar-refractivity contribution is 0.0955. The van der Waals surface area contributed by atoms with Crippen molar-refractivity contribution in [2.24, 2.45) is 5.10 Å². The van der Waals surface area contributed by atoms with Crippen molar-refractivity contribution in [3.63, 3.8) is 0 Å². The first-order chi connectivity index (χ1) is 15.6. The van der Waals surface area contributed by atoms with Gasteiger partial charge in [-0.1, -0.05) is 42.5 Å². The van der Waals surface area contributed by atoms with Gasteiger partial charge in [0.05, 0.1) is 6.21 Å². The number of hydrogen-bond donors (Lipinski definition) is 1. The monoisotopic (exact) mass is 428 g/mol. The van der Waals surface area contributed by atoms with E-state index in [-0.39, 0.29) is 5.91 Å². The SMILES string of the molecule is CCN(CC)c1ccc(C(=O)NN=Cc2ccc(N(CC)Cc3ccccc3)cc2)cc1. The molecule has 32 heavy (non-hydrogen) atoms. The van der Waals surface area contributed by atoms with Crippen molar-refractivity contribution in [1.29, 1.82) is 0 Å². The lowest BCUT2D eigenvalue weighted by atomic mass is 10.1. The molecule has 3 aromatic rings. The first-order valence-electron chi connectivity index (χ1n) is 11.2. The van der Waals surface area contributed by atoms with Crippen LogP contribution in [0.5, 0.6) is 0 Å². The Bertz CT molecular complexity index is 994. The summed E-state index contributed by atoms with van der Waals surface area (Å²) in [5.74, 6) is -0.219. The zero-order valence-electron chi connectivity index (χ0n) is 19.2. The minimum Gasteiger partial charge on any atom is -0.372 e. The highest BCUT2D eigenvalue weighted by Crippen LogP contribution is 2.18. The van der Waals surface area contributed by atoms with Gasteiger partial charge in [0.25, 0.3) is 5.91 Å². The van der Waals surface area contributed by atoms with Gasteiger partial charge in [0.2, 0.25) is 0 Å². The van der Waals surface area contributed by atoms with E-state index in [9.17, 15) is 4.79 Å². The van der Waals surface area contributed by atoms with Gasteiger partial charge in [-0.3, -0.25) is 4.79 Å². The number of carbonyl (C=O) groups is 1. The summed E-state index contributed by atoms with van der Waals surface area (Å²) < 4.78 is 0. The van der Waals surface area contributed by atoms with Gasteiger partial charge in [-0.05, 0) is 68.3 Å². The molecule has 0 heterocycles. The molecule has 0 aliphatic carbocycles. The zero-order valence-corrected chi connectivity index (χ0v) is 19.2. The summed E-state index contributed by atoms with van der Waals surface area (Å²) in [4.78, 5) is 16.9. The molecule has 0 radical (unpaired) electrons. The van der Waals surface area contributed by atoms with Crippen LogP contribution in [0, 0.1) is 0 Å². The number of carbonyl (C=O) groups excluding carboxylic acids is 1. The van der Waals surface area contributed by atoms with E-state index in [4.69, 9.17) is 0 Å². The van der Waals surface area contributed by atoms with Crippen LogP contribution in [0.25, 0.3) is 0 Å². The molecule has 1 amide bonds. The Hall–Kier alpha value is -3.60. The van der Waals surface area contributed by atoms with Gasteiger partial charge in [0.1, 0.15) is 0 Å². The van der Waals surface area contributed by atoms with Crippen molar-refractivity contribution < 1.29 is 4.79 Å². The van der Waals surface area contributed by atoms with E-state index in [1.54, 1.807) is 6.21 Å². The molecule has 3 aromatic carbocycles. The van der Waals surface area contributed by atoms with Crippen molar-refractivity contribution >= 4 is 23.5 Å². The normalized spacial score (nSPS) is 10.8. The Labute approximate surface area is 191 Å². The summed E-state index contributed by atoms with van der Waals surface area (Å²) in [7, 11) is 0. The number of hydrogen-bond acceptors (Lipinski definition) is 4. The Kier molecular flexibility index (Phi) is 8.44. The molecule has 3 rings (SSSR count). The zero-order chi connectivity index (χ0) is 22.8. The van der Waals surface area contributed by atoms with Crippen LogP contribution in [0.3, 0.4) is 0 Å². The summed E-state index contributed by atoms with van der Waals surface area (Å²) >= 11 is 0. The maximum absolute atomic E-state index is 12.4. The van der Waals surface area contributed by atoms with E-state index < -0.39 is 0 Å². The molecule has 0 aliphatic heterocycles. The molecule has 0 atom stereocenters. The standard InChI is InChI=1S/C27H32N4O/c1-4-30(5-2)25-18-14-24(15-19-25)27(32)29-28-20-22-12-16-26(17-13-22)31(6-3)21-23-10-8-7-9-11-23/h7-20H,4-6,21H2,1-3H3,(H,29,32). The van der Waals surface area contributed by atoms with Gasteiger partial charge in [-0.2, -0.15) is 5.10 Å². The summed E-state index contributed by atoms with van der Waals surface area (Å²) in [6.45, 7) is 10.1. The van der Waals surface area contributed by atoms with Crippen LogP contribution in [0.2, 0.25) is 0 Å². The van der Waals surface area contributed by atoms with Gasteiger partial charge in [0.15, 0.2) is 0 Å². The molecule has 0 bridgehead atoms. The molecule has 0 unspecified atom stereocenters. The van der Waals surface area contributed by atoms with Crippen LogP contribution in [0.15, 0.2) is 84.0 Å². The second-order valence-electron chi connectivity index (χ2n) is 7.51. The van der Waals surface area contributed by atoms with Gasteiger partial charge in [0, 0.05) is 43.1 Å². The molecule has 0 fully saturated rings. The van der Waals surface area contributed by atoms with E-state index in [2.05, 4.69) is 77.5 Å². The number of nitrogens with one attached hydrogen (secondary N) is 1. The van der Waals surface area contributed by atoms with Crippen LogP contribution < -0.4 is 15.2 Å². The average Bonchev–Trinajstić information content (AvgIpc) is 2.85. The third-order valence-corrected chi connectivity index (χ3v) is 5.49. The van der Waals surface area contributed by atoms with Gasteiger partial charge >= 0.3 is 0 Å². The van der Waals surface area contributed by atoms with Crippen molar-refractivity contribution in [2.75, 3.05) is 29.4 Å². The molecular weight excluding hydrogens is 396 g/mol. The van der Waals surface area contributed by atoms with Crippen LogP contribution in [-0.2, 0) is 6.54 Å². The highest BCUT2D eigenvalue weighted by molar-refractivity contribution is 5.95. The maximum Gasteiger partial charge on any atom is 0.271 e. The van der Waals surface area contributed by atoms with Gasteiger partial charge in [-0.25, -0.2) is 5.43 Å². The Morgan fingerprint density at radius 1 is 0.781 bits per heavy atom. The third-order valence-electron chi connectivity index (χ3n) is 5.49. The lowest BCUT2D eigenvalue weighted by Gasteiger charge is -2.23. The molecule has 0 aromatic heterocycles. The summed E-state index contributed by atoms with van der Waals surface area (Å²) in [6, 6.07) is 26.3. The summed E-state index contributed by atoms with van der Waals surface area (Å²) in [6.07, 6.45) is 1.67. The lowest BCUT2D eigenvalue weighted by Crippen LogP contribution is -2.22. The van der Waals surface area contributed by atoms with Crippen LogP contribution in [0.4, 0.5) is 11.4 Å². The Morgan fingerprint density at radius 3 is 1.94 bits per heavy atom. The molecule has 0 saturated heterocycles. The fraction of sp³-hybridized carbons (Fsp3) is 0.259. The molecule has 0 spiro atoms. The largest absolute Gasteiger partial charge is 0.372 e. The van der Waals surface area contributed by atoms with E-state index in [0.29, 0.717) is 5.56 Å². The number of anilines is 2. The van der Waals surface area contributed by atoms with Crippen molar-refractivity contribution in [2.45, 2.75) is 27.3 Å². The number of amides is 1.